The number of hydrogen-bond acceptors (Lipinski definition) is 5. The van der Waals surface area contributed by atoms with E-state index in [0.29, 0.717) is 10.5 Å². The van der Waals surface area contributed by atoms with E-state index in [4.69, 9.17) is 5.26 Å². The van der Waals surface area contributed by atoms with Crippen LogP contribution >= 0.6 is 0 Å². The molecule has 4 rings (SSSR count). The maximum atomic E-state index is 13.1. The highest BCUT2D eigenvalue weighted by Gasteiger charge is 2.20. The highest BCUT2D eigenvalue weighted by atomic mass is 32.2. The number of rotatable bonds is 3. The van der Waals surface area contributed by atoms with Crippen LogP contribution < -0.4 is 10.2 Å². The molecule has 0 bridgehead atoms. The minimum absolute atomic E-state index is 0.503. The molecule has 0 radical (unpaired) electrons. The van der Waals surface area contributed by atoms with Crippen LogP contribution in [0.4, 0.5) is 5.69 Å². The molecule has 6 nitrogen and oxygen atoms in total. The Labute approximate surface area is 148 Å². The molecule has 1 saturated heterocycles. The SMILES string of the molecule is N#Cc1cccc(S(=O)n2cc(N3CCNCC3)c3ncccc32)c1. The average molecular weight is 351 g/mol. The van der Waals surface area contributed by atoms with Gasteiger partial charge in [-0.3, -0.25) is 8.96 Å². The number of nitrogens with zero attached hydrogens (tertiary/aromatic N) is 4. The second kappa shape index (κ2) is 6.67. The molecule has 0 saturated carbocycles. The molecule has 1 unspecified atom stereocenters. The van der Waals surface area contributed by atoms with Crippen LogP contribution in [0.3, 0.4) is 0 Å². The molecule has 0 aliphatic carbocycles. The zero-order chi connectivity index (χ0) is 17.2. The number of nitriles is 1. The first-order valence-electron chi connectivity index (χ1n) is 8.12. The molecule has 0 spiro atoms. The monoisotopic (exact) mass is 351 g/mol. The van der Waals surface area contributed by atoms with Crippen LogP contribution in [0, 0.1) is 11.3 Å². The first-order chi connectivity index (χ1) is 12.3. The molecular weight excluding hydrogens is 334 g/mol. The van der Waals surface area contributed by atoms with E-state index in [-0.39, 0.29) is 0 Å². The van der Waals surface area contributed by atoms with Crippen LogP contribution in [0.15, 0.2) is 53.7 Å². The zero-order valence-electron chi connectivity index (χ0n) is 13.6. The molecule has 3 aromatic rings. The smallest absolute Gasteiger partial charge is 0.157 e. The van der Waals surface area contributed by atoms with Crippen LogP contribution in [-0.2, 0) is 11.0 Å². The number of anilines is 1. The van der Waals surface area contributed by atoms with E-state index in [0.717, 1.165) is 42.9 Å². The largest absolute Gasteiger partial charge is 0.366 e. The lowest BCUT2D eigenvalue weighted by Gasteiger charge is -2.28. The van der Waals surface area contributed by atoms with Crippen LogP contribution in [0.2, 0.25) is 0 Å². The van der Waals surface area contributed by atoms with Gasteiger partial charge in [-0.15, -0.1) is 0 Å². The van der Waals surface area contributed by atoms with Crippen molar-refractivity contribution < 1.29 is 4.21 Å². The summed E-state index contributed by atoms with van der Waals surface area (Å²) in [6, 6.07) is 12.8. The van der Waals surface area contributed by atoms with E-state index in [2.05, 4.69) is 21.3 Å². The van der Waals surface area contributed by atoms with Gasteiger partial charge in [0.25, 0.3) is 0 Å². The van der Waals surface area contributed by atoms with Gasteiger partial charge in [0, 0.05) is 38.6 Å². The van der Waals surface area contributed by atoms with Gasteiger partial charge >= 0.3 is 0 Å². The predicted molar refractivity (Wildman–Crippen MR) is 97.8 cm³/mol. The Morgan fingerprint density at radius 1 is 1.20 bits per heavy atom. The van der Waals surface area contributed by atoms with Crippen molar-refractivity contribution in [2.45, 2.75) is 4.90 Å². The average Bonchev–Trinajstić information content (AvgIpc) is 3.08. The fourth-order valence-corrected chi connectivity index (χ4v) is 4.25. The fourth-order valence-electron chi connectivity index (χ4n) is 3.08. The normalized spacial score (nSPS) is 15.9. The molecular formula is C18H17N5OS. The first-order valence-corrected chi connectivity index (χ1v) is 9.23. The van der Waals surface area contributed by atoms with Crippen molar-refractivity contribution in [2.75, 3.05) is 31.1 Å². The predicted octanol–water partition coefficient (Wildman–Crippen LogP) is 1.89. The lowest BCUT2D eigenvalue weighted by Crippen LogP contribution is -2.43. The van der Waals surface area contributed by atoms with E-state index in [9.17, 15) is 4.21 Å². The summed E-state index contributed by atoms with van der Waals surface area (Å²) in [5, 5.41) is 12.4. The van der Waals surface area contributed by atoms with Gasteiger partial charge in [0.15, 0.2) is 11.0 Å². The van der Waals surface area contributed by atoms with Crippen molar-refractivity contribution >= 4 is 27.7 Å². The number of hydrogen-bond donors (Lipinski definition) is 1. The van der Waals surface area contributed by atoms with Gasteiger partial charge in [0.1, 0.15) is 5.52 Å². The Morgan fingerprint density at radius 3 is 2.84 bits per heavy atom. The number of pyridine rings is 1. The van der Waals surface area contributed by atoms with Gasteiger partial charge in [0.2, 0.25) is 0 Å². The van der Waals surface area contributed by atoms with Crippen LogP contribution in [-0.4, -0.2) is 39.3 Å². The molecule has 2 aromatic heterocycles. The van der Waals surface area contributed by atoms with Crippen molar-refractivity contribution in [3.8, 4) is 6.07 Å². The Bertz CT molecular complexity index is 985. The molecule has 1 aliphatic rings. The van der Waals surface area contributed by atoms with Crippen molar-refractivity contribution in [3.63, 3.8) is 0 Å². The highest BCUT2D eigenvalue weighted by molar-refractivity contribution is 7.83. The molecule has 126 valence electrons. The van der Waals surface area contributed by atoms with E-state index < -0.39 is 11.0 Å². The summed E-state index contributed by atoms with van der Waals surface area (Å²) in [7, 11) is -1.43. The summed E-state index contributed by atoms with van der Waals surface area (Å²) in [6.45, 7) is 3.64. The van der Waals surface area contributed by atoms with Gasteiger partial charge in [0.05, 0.1) is 27.7 Å². The summed E-state index contributed by atoms with van der Waals surface area (Å²) in [6.07, 6.45) is 3.68. The first kappa shape index (κ1) is 15.8. The maximum Gasteiger partial charge on any atom is 0.157 e. The number of fused-ring (bicyclic) bond motifs is 1. The van der Waals surface area contributed by atoms with E-state index in [1.807, 2.05) is 18.3 Å². The lowest BCUT2D eigenvalue weighted by atomic mass is 10.2. The van der Waals surface area contributed by atoms with E-state index in [1.54, 1.807) is 34.4 Å². The van der Waals surface area contributed by atoms with Gasteiger partial charge in [-0.05, 0) is 30.3 Å². The summed E-state index contributed by atoms with van der Waals surface area (Å²) in [5.41, 5.74) is 3.19. The third-order valence-electron chi connectivity index (χ3n) is 4.31. The summed E-state index contributed by atoms with van der Waals surface area (Å²) in [5.74, 6) is 0. The fraction of sp³-hybridized carbons (Fsp3) is 0.222. The van der Waals surface area contributed by atoms with Gasteiger partial charge in [-0.25, -0.2) is 4.21 Å². The Balaban J connectivity index is 1.81. The lowest BCUT2D eigenvalue weighted by molar-refractivity contribution is 0.590. The highest BCUT2D eigenvalue weighted by Crippen LogP contribution is 2.29. The van der Waals surface area contributed by atoms with Crippen molar-refractivity contribution in [1.82, 2.24) is 14.3 Å². The second-order valence-electron chi connectivity index (χ2n) is 5.84. The summed E-state index contributed by atoms with van der Waals surface area (Å²) < 4.78 is 14.9. The molecule has 1 fully saturated rings. The number of aromatic nitrogens is 2. The Morgan fingerprint density at radius 2 is 2.04 bits per heavy atom. The van der Waals surface area contributed by atoms with Gasteiger partial charge in [-0.2, -0.15) is 5.26 Å². The summed E-state index contributed by atoms with van der Waals surface area (Å²) in [4.78, 5) is 7.39. The standard InChI is InChI=1S/C18H17N5OS/c19-12-14-3-1-4-15(11-14)25(24)23-13-17(22-9-7-20-8-10-22)18-16(23)5-2-6-21-18/h1-6,11,13,20H,7-10H2. The second-order valence-corrected chi connectivity index (χ2v) is 7.20. The molecule has 7 heteroatoms. The molecule has 0 amide bonds. The zero-order valence-corrected chi connectivity index (χ0v) is 14.4. The molecule has 25 heavy (non-hydrogen) atoms. The third kappa shape index (κ3) is 2.90. The molecule has 1 aromatic carbocycles. The van der Waals surface area contributed by atoms with Gasteiger partial charge < -0.3 is 10.2 Å². The Hall–Kier alpha value is -2.69. The maximum absolute atomic E-state index is 13.1. The quantitative estimate of drug-likeness (QED) is 0.780. The number of piperazine rings is 1. The minimum atomic E-state index is -1.43. The number of benzene rings is 1. The van der Waals surface area contributed by atoms with E-state index in [1.165, 1.54) is 0 Å². The number of nitrogens with one attached hydrogen (secondary N) is 1. The molecule has 1 aliphatic heterocycles. The van der Waals surface area contributed by atoms with Crippen LogP contribution in [0.25, 0.3) is 11.0 Å². The minimum Gasteiger partial charge on any atom is -0.366 e. The molecule has 1 atom stereocenters. The van der Waals surface area contributed by atoms with Crippen molar-refractivity contribution in [2.24, 2.45) is 0 Å². The third-order valence-corrected chi connectivity index (χ3v) is 5.62. The van der Waals surface area contributed by atoms with Gasteiger partial charge in [-0.1, -0.05) is 6.07 Å². The van der Waals surface area contributed by atoms with Crippen LogP contribution in [0.1, 0.15) is 5.56 Å². The van der Waals surface area contributed by atoms with Crippen molar-refractivity contribution in [3.05, 3.63) is 54.4 Å². The van der Waals surface area contributed by atoms with Crippen molar-refractivity contribution in [1.29, 1.82) is 5.26 Å². The van der Waals surface area contributed by atoms with E-state index >= 15 is 0 Å². The van der Waals surface area contributed by atoms with Crippen LogP contribution in [0.5, 0.6) is 0 Å². The Kier molecular flexibility index (Phi) is 4.22. The topological polar surface area (TPSA) is 74.0 Å². The summed E-state index contributed by atoms with van der Waals surface area (Å²) >= 11 is 0. The molecule has 1 N–H and O–H groups in total. The molecule has 3 heterocycles.